The van der Waals surface area contributed by atoms with Gasteiger partial charge in [-0.1, -0.05) is 188 Å². The van der Waals surface area contributed by atoms with Crippen molar-refractivity contribution in [2.24, 2.45) is 0 Å². The molecule has 1 heteroatoms. The lowest BCUT2D eigenvalue weighted by molar-refractivity contribution is 1.28. The maximum absolute atomic E-state index is 2.42. The lowest BCUT2D eigenvalue weighted by Crippen LogP contribution is -2.10. The van der Waals surface area contributed by atoms with Crippen LogP contribution < -0.4 is 4.90 Å². The summed E-state index contributed by atoms with van der Waals surface area (Å²) in [6, 6.07) is 86.4. The first-order chi connectivity index (χ1) is 29.3. The highest BCUT2D eigenvalue weighted by atomic mass is 15.1. The molecule has 0 aromatic heterocycles. The van der Waals surface area contributed by atoms with Crippen molar-refractivity contribution in [3.05, 3.63) is 237 Å². The van der Waals surface area contributed by atoms with Gasteiger partial charge in [0, 0.05) is 17.1 Å². The highest BCUT2D eigenvalue weighted by Gasteiger charge is 2.20. The molecule has 0 atom stereocenters. The number of hydrogen-bond donors (Lipinski definition) is 0. The van der Waals surface area contributed by atoms with Crippen molar-refractivity contribution in [1.82, 2.24) is 0 Å². The van der Waals surface area contributed by atoms with Crippen LogP contribution in [-0.4, -0.2) is 0 Å². The van der Waals surface area contributed by atoms with Gasteiger partial charge in [0.15, 0.2) is 0 Å². The smallest absolute Gasteiger partial charge is 0.0468 e. The Kier molecular flexibility index (Phi) is 8.56. The first-order valence-electron chi connectivity index (χ1n) is 20.3. The molecule has 1 nitrogen and oxygen atoms in total. The van der Waals surface area contributed by atoms with Gasteiger partial charge in [0.1, 0.15) is 0 Å². The molecule has 0 aliphatic carbocycles. The predicted octanol–water partition coefficient (Wildman–Crippen LogP) is 16.4. The van der Waals surface area contributed by atoms with Gasteiger partial charge in [-0.15, -0.1) is 0 Å². The Balaban J connectivity index is 1.18. The minimum absolute atomic E-state index is 1.09. The fourth-order valence-corrected chi connectivity index (χ4v) is 9.00. The molecule has 0 aliphatic rings. The maximum atomic E-state index is 2.42. The lowest BCUT2D eigenvalue weighted by atomic mass is 9.86. The average Bonchev–Trinajstić information content (AvgIpc) is 3.32. The van der Waals surface area contributed by atoms with Crippen molar-refractivity contribution in [2.45, 2.75) is 0 Å². The SMILES string of the molecule is c1ccc(-c2ccc(N(c3ccc(-c4ccccc4)cc3)c3ccc(-c4cc5ccccc5c5ccccc45)c(-c4cc5ccccc5c5ccccc45)c3)cc2)cc1. The number of rotatable bonds is 7. The Bertz CT molecular complexity index is 3210. The third-order valence-corrected chi connectivity index (χ3v) is 11.8. The van der Waals surface area contributed by atoms with Crippen LogP contribution in [0.1, 0.15) is 0 Å². The van der Waals surface area contributed by atoms with E-state index in [9.17, 15) is 0 Å². The molecule has 0 fully saturated rings. The number of nitrogens with zero attached hydrogens (tertiary/aromatic N) is 1. The van der Waals surface area contributed by atoms with Crippen molar-refractivity contribution in [3.8, 4) is 44.5 Å². The van der Waals surface area contributed by atoms with E-state index in [0.717, 1.165) is 17.1 Å². The van der Waals surface area contributed by atoms with Gasteiger partial charge < -0.3 is 4.90 Å². The van der Waals surface area contributed by atoms with E-state index >= 15 is 0 Å². The summed E-state index contributed by atoms with van der Waals surface area (Å²) >= 11 is 0. The fraction of sp³-hybridized carbons (Fsp3) is 0. The minimum Gasteiger partial charge on any atom is -0.310 e. The monoisotopic (exact) mass is 749 g/mol. The van der Waals surface area contributed by atoms with E-state index in [2.05, 4.69) is 241 Å². The minimum atomic E-state index is 1.09. The average molecular weight is 750 g/mol. The third-order valence-electron chi connectivity index (χ3n) is 11.8. The Morgan fingerprint density at radius 2 is 0.559 bits per heavy atom. The van der Waals surface area contributed by atoms with E-state index in [4.69, 9.17) is 0 Å². The van der Waals surface area contributed by atoms with Crippen LogP contribution in [0.25, 0.3) is 87.6 Å². The first-order valence-corrected chi connectivity index (χ1v) is 20.3. The van der Waals surface area contributed by atoms with Gasteiger partial charge in [-0.3, -0.25) is 0 Å². The van der Waals surface area contributed by atoms with Gasteiger partial charge in [-0.2, -0.15) is 0 Å². The lowest BCUT2D eigenvalue weighted by Gasteiger charge is -2.28. The topological polar surface area (TPSA) is 3.24 Å². The molecule has 0 radical (unpaired) electrons. The van der Waals surface area contributed by atoms with Crippen molar-refractivity contribution in [3.63, 3.8) is 0 Å². The molecule has 11 aromatic rings. The van der Waals surface area contributed by atoms with Crippen LogP contribution in [0, 0.1) is 0 Å². The molecule has 0 unspecified atom stereocenters. The highest BCUT2D eigenvalue weighted by molar-refractivity contribution is 6.18. The predicted molar refractivity (Wildman–Crippen MR) is 253 cm³/mol. The second kappa shape index (κ2) is 14.6. The normalized spacial score (nSPS) is 11.4. The first kappa shape index (κ1) is 34.5. The van der Waals surface area contributed by atoms with Gasteiger partial charge in [0.25, 0.3) is 0 Å². The van der Waals surface area contributed by atoms with Crippen LogP contribution in [0.5, 0.6) is 0 Å². The molecular weight excluding hydrogens is 711 g/mol. The largest absolute Gasteiger partial charge is 0.310 e. The van der Waals surface area contributed by atoms with E-state index in [1.165, 1.54) is 87.6 Å². The van der Waals surface area contributed by atoms with Crippen molar-refractivity contribution < 1.29 is 0 Å². The molecule has 0 amide bonds. The van der Waals surface area contributed by atoms with Gasteiger partial charge in [-0.25, -0.2) is 0 Å². The van der Waals surface area contributed by atoms with E-state index < -0.39 is 0 Å². The molecule has 0 aliphatic heterocycles. The highest BCUT2D eigenvalue weighted by Crippen LogP contribution is 2.46. The molecule has 0 saturated carbocycles. The zero-order valence-corrected chi connectivity index (χ0v) is 32.5. The van der Waals surface area contributed by atoms with E-state index in [1.54, 1.807) is 0 Å². The van der Waals surface area contributed by atoms with E-state index in [0.29, 0.717) is 0 Å². The molecule has 0 saturated heterocycles. The molecule has 0 spiro atoms. The summed E-state index contributed by atoms with van der Waals surface area (Å²) in [4.78, 5) is 2.40. The van der Waals surface area contributed by atoms with Crippen molar-refractivity contribution in [1.29, 1.82) is 0 Å². The molecule has 276 valence electrons. The second-order valence-electron chi connectivity index (χ2n) is 15.3. The molecule has 0 N–H and O–H groups in total. The summed E-state index contributed by atoms with van der Waals surface area (Å²) in [6.45, 7) is 0. The molecular formula is C58H39N. The number of hydrogen-bond acceptors (Lipinski definition) is 1. The molecule has 11 aromatic carbocycles. The third kappa shape index (κ3) is 6.21. The summed E-state index contributed by atoms with van der Waals surface area (Å²) in [7, 11) is 0. The van der Waals surface area contributed by atoms with Gasteiger partial charge >= 0.3 is 0 Å². The standard InChI is InChI=1S/C58H39N/c1-3-15-40(16-4-1)42-27-31-46(32-28-42)59(47-33-29-43(30-34-47)41-17-5-2-6-18-41)48-35-36-55(56-37-44-19-7-9-21-49(44)51-23-11-13-25-53(51)56)58(39-48)57-38-45-20-8-10-22-50(45)52-24-12-14-26-54(52)57/h1-39H. The Morgan fingerprint density at radius 3 is 1.03 bits per heavy atom. The molecule has 59 heavy (non-hydrogen) atoms. The molecule has 0 bridgehead atoms. The number of anilines is 3. The second-order valence-corrected chi connectivity index (χ2v) is 15.3. The summed E-state index contributed by atoms with van der Waals surface area (Å²) in [5.74, 6) is 0. The van der Waals surface area contributed by atoms with Crippen LogP contribution in [0.2, 0.25) is 0 Å². The zero-order chi connectivity index (χ0) is 39.1. The summed E-state index contributed by atoms with van der Waals surface area (Å²) in [5, 5.41) is 9.99. The van der Waals surface area contributed by atoms with Crippen LogP contribution in [0.3, 0.4) is 0 Å². The fourth-order valence-electron chi connectivity index (χ4n) is 9.00. The Morgan fingerprint density at radius 1 is 0.203 bits per heavy atom. The maximum Gasteiger partial charge on any atom is 0.0468 e. The van der Waals surface area contributed by atoms with Crippen LogP contribution in [0.15, 0.2) is 237 Å². The van der Waals surface area contributed by atoms with Gasteiger partial charge in [-0.05, 0) is 136 Å². The van der Waals surface area contributed by atoms with Gasteiger partial charge in [0.2, 0.25) is 0 Å². The van der Waals surface area contributed by atoms with Crippen LogP contribution in [0.4, 0.5) is 17.1 Å². The van der Waals surface area contributed by atoms with Crippen LogP contribution in [-0.2, 0) is 0 Å². The van der Waals surface area contributed by atoms with E-state index in [-0.39, 0.29) is 0 Å². The van der Waals surface area contributed by atoms with Gasteiger partial charge in [0.05, 0.1) is 0 Å². The Hall–Kier alpha value is -7.74. The zero-order valence-electron chi connectivity index (χ0n) is 32.5. The molecule has 0 heterocycles. The van der Waals surface area contributed by atoms with E-state index in [1.807, 2.05) is 0 Å². The quantitative estimate of drug-likeness (QED) is 0.147. The Labute approximate surface area is 344 Å². The van der Waals surface area contributed by atoms with Crippen LogP contribution >= 0.6 is 0 Å². The summed E-state index contributed by atoms with van der Waals surface area (Å²) in [5.41, 5.74) is 12.9. The summed E-state index contributed by atoms with van der Waals surface area (Å²) in [6.07, 6.45) is 0. The number of benzene rings is 11. The van der Waals surface area contributed by atoms with Crippen molar-refractivity contribution in [2.75, 3.05) is 4.90 Å². The summed E-state index contributed by atoms with van der Waals surface area (Å²) < 4.78 is 0. The number of fused-ring (bicyclic) bond motifs is 6. The molecule has 11 rings (SSSR count). The van der Waals surface area contributed by atoms with Crippen molar-refractivity contribution >= 4 is 60.2 Å².